The van der Waals surface area contributed by atoms with Crippen LogP contribution in [0.1, 0.15) is 0 Å². The largest absolute Gasteiger partial charge is 0.493 e. The maximum atomic E-state index is 11.9. The highest BCUT2D eigenvalue weighted by atomic mass is 16.6. The number of oxazole rings is 1. The van der Waals surface area contributed by atoms with Crippen LogP contribution in [0.3, 0.4) is 0 Å². The number of para-hydroxylation sites is 2. The third-order valence-electron chi connectivity index (χ3n) is 3.50. The van der Waals surface area contributed by atoms with Gasteiger partial charge in [-0.25, -0.2) is 4.79 Å². The summed E-state index contributed by atoms with van der Waals surface area (Å²) in [5.74, 6) is 0.572. The van der Waals surface area contributed by atoms with E-state index in [1.54, 1.807) is 19.2 Å². The Morgan fingerprint density at radius 2 is 1.96 bits per heavy atom. The van der Waals surface area contributed by atoms with Gasteiger partial charge in [0.05, 0.1) is 30.2 Å². The second-order valence-electron chi connectivity index (χ2n) is 4.93. The summed E-state index contributed by atoms with van der Waals surface area (Å²) in [5, 5.41) is 10.8. The van der Waals surface area contributed by atoms with E-state index >= 15 is 0 Å². The van der Waals surface area contributed by atoms with Crippen LogP contribution < -0.4 is 15.2 Å². The molecule has 0 N–H and O–H groups in total. The molecule has 0 spiro atoms. The van der Waals surface area contributed by atoms with Gasteiger partial charge in [-0.05, 0) is 18.2 Å². The highest BCUT2D eigenvalue weighted by Crippen LogP contribution is 2.26. The van der Waals surface area contributed by atoms with Crippen molar-refractivity contribution in [2.45, 2.75) is 6.54 Å². The van der Waals surface area contributed by atoms with Crippen molar-refractivity contribution in [3.63, 3.8) is 0 Å². The number of hydrogen-bond acceptors (Lipinski definition) is 6. The summed E-state index contributed by atoms with van der Waals surface area (Å²) in [5.41, 5.74) is 0.523. The van der Waals surface area contributed by atoms with Gasteiger partial charge in [-0.1, -0.05) is 12.1 Å². The first-order chi connectivity index (χ1) is 11.6. The quantitative estimate of drug-likeness (QED) is 0.509. The Balaban J connectivity index is 1.79. The molecule has 0 aliphatic rings. The number of methoxy groups -OCH3 is 1. The normalized spacial score (nSPS) is 10.7. The van der Waals surface area contributed by atoms with Gasteiger partial charge < -0.3 is 13.9 Å². The van der Waals surface area contributed by atoms with Crippen molar-refractivity contribution in [2.24, 2.45) is 0 Å². The number of fused-ring (bicyclic) bond motifs is 1. The Bertz CT molecular complexity index is 943. The molecule has 0 fully saturated rings. The average molecular weight is 330 g/mol. The monoisotopic (exact) mass is 330 g/mol. The fourth-order valence-corrected chi connectivity index (χ4v) is 2.37. The van der Waals surface area contributed by atoms with Crippen LogP contribution in [-0.2, 0) is 6.54 Å². The molecule has 0 amide bonds. The molecule has 0 bridgehead atoms. The molecule has 2 aromatic carbocycles. The fourth-order valence-electron chi connectivity index (χ4n) is 2.37. The van der Waals surface area contributed by atoms with Crippen LogP contribution in [0.25, 0.3) is 11.1 Å². The average Bonchev–Trinajstić information content (AvgIpc) is 2.90. The lowest BCUT2D eigenvalue weighted by molar-refractivity contribution is -0.384. The van der Waals surface area contributed by atoms with Crippen LogP contribution in [0.2, 0.25) is 0 Å². The molecule has 3 aromatic rings. The molecular formula is C16H14N2O6. The first kappa shape index (κ1) is 15.6. The molecule has 8 heteroatoms. The first-order valence-electron chi connectivity index (χ1n) is 7.14. The standard InChI is InChI=1S/C16H14N2O6/c1-22-13-4-2-3-5-14(13)23-9-8-17-12-7-6-11(18(20)21)10-15(12)24-16(17)19/h2-7,10H,8-9H2,1H3. The van der Waals surface area contributed by atoms with E-state index in [2.05, 4.69) is 0 Å². The molecule has 0 atom stereocenters. The summed E-state index contributed by atoms with van der Waals surface area (Å²) in [6.45, 7) is 0.452. The van der Waals surface area contributed by atoms with E-state index in [0.29, 0.717) is 17.0 Å². The molecular weight excluding hydrogens is 316 g/mol. The SMILES string of the molecule is COc1ccccc1OCCn1c(=O)oc2cc([N+](=O)[O-])ccc21. The Labute approximate surface area is 136 Å². The van der Waals surface area contributed by atoms with Gasteiger partial charge in [-0.2, -0.15) is 0 Å². The minimum Gasteiger partial charge on any atom is -0.493 e. The molecule has 1 aromatic heterocycles. The van der Waals surface area contributed by atoms with Crippen LogP contribution >= 0.6 is 0 Å². The van der Waals surface area contributed by atoms with Gasteiger partial charge in [0.2, 0.25) is 0 Å². The molecule has 0 saturated heterocycles. The van der Waals surface area contributed by atoms with Crippen molar-refractivity contribution in [2.75, 3.05) is 13.7 Å². The van der Waals surface area contributed by atoms with Gasteiger partial charge in [0.15, 0.2) is 17.1 Å². The summed E-state index contributed by atoms with van der Waals surface area (Å²) in [6, 6.07) is 11.2. The Morgan fingerprint density at radius 3 is 2.67 bits per heavy atom. The summed E-state index contributed by atoms with van der Waals surface area (Å²) in [4.78, 5) is 22.2. The Kier molecular flexibility index (Phi) is 4.19. The van der Waals surface area contributed by atoms with Crippen LogP contribution in [0.5, 0.6) is 11.5 Å². The van der Waals surface area contributed by atoms with E-state index in [-0.39, 0.29) is 24.4 Å². The lowest BCUT2D eigenvalue weighted by Gasteiger charge is -2.10. The highest BCUT2D eigenvalue weighted by Gasteiger charge is 2.14. The van der Waals surface area contributed by atoms with Crippen LogP contribution in [0.4, 0.5) is 5.69 Å². The molecule has 1 heterocycles. The van der Waals surface area contributed by atoms with Crippen molar-refractivity contribution in [1.29, 1.82) is 0 Å². The molecule has 3 rings (SSSR count). The van der Waals surface area contributed by atoms with Crippen molar-refractivity contribution in [3.8, 4) is 11.5 Å². The maximum Gasteiger partial charge on any atom is 0.420 e. The number of benzene rings is 2. The smallest absolute Gasteiger partial charge is 0.420 e. The van der Waals surface area contributed by atoms with Gasteiger partial charge >= 0.3 is 5.76 Å². The minimum absolute atomic E-state index is 0.131. The Hall–Kier alpha value is -3.29. The van der Waals surface area contributed by atoms with E-state index in [1.165, 1.54) is 22.8 Å². The molecule has 0 saturated carbocycles. The molecule has 8 nitrogen and oxygen atoms in total. The van der Waals surface area contributed by atoms with E-state index < -0.39 is 10.7 Å². The highest BCUT2D eigenvalue weighted by molar-refractivity contribution is 5.75. The topological polar surface area (TPSA) is 96.7 Å². The van der Waals surface area contributed by atoms with Crippen molar-refractivity contribution >= 4 is 16.8 Å². The third-order valence-corrected chi connectivity index (χ3v) is 3.50. The third kappa shape index (κ3) is 2.94. The summed E-state index contributed by atoms with van der Waals surface area (Å²) in [7, 11) is 1.54. The van der Waals surface area contributed by atoms with Crippen LogP contribution in [0, 0.1) is 10.1 Å². The van der Waals surface area contributed by atoms with Crippen LogP contribution in [0.15, 0.2) is 51.7 Å². The number of rotatable bonds is 6. The number of ether oxygens (including phenoxy) is 2. The van der Waals surface area contributed by atoms with Gasteiger partial charge in [0.1, 0.15) is 6.61 Å². The second kappa shape index (κ2) is 6.45. The molecule has 0 radical (unpaired) electrons. The van der Waals surface area contributed by atoms with E-state index in [4.69, 9.17) is 13.9 Å². The zero-order valence-electron chi connectivity index (χ0n) is 12.8. The first-order valence-corrected chi connectivity index (χ1v) is 7.14. The summed E-state index contributed by atoms with van der Waals surface area (Å²) >= 11 is 0. The fraction of sp³-hybridized carbons (Fsp3) is 0.188. The second-order valence-corrected chi connectivity index (χ2v) is 4.93. The van der Waals surface area contributed by atoms with Crippen molar-refractivity contribution in [1.82, 2.24) is 4.57 Å². The maximum absolute atomic E-state index is 11.9. The lowest BCUT2D eigenvalue weighted by atomic mass is 10.3. The molecule has 0 aliphatic heterocycles. The molecule has 124 valence electrons. The Morgan fingerprint density at radius 1 is 1.21 bits per heavy atom. The number of non-ortho nitro benzene ring substituents is 1. The minimum atomic E-state index is -0.589. The predicted octanol–water partition coefficient (Wildman–Crippen LogP) is 2.59. The van der Waals surface area contributed by atoms with Gasteiger partial charge in [-0.3, -0.25) is 14.7 Å². The van der Waals surface area contributed by atoms with Crippen LogP contribution in [-0.4, -0.2) is 23.2 Å². The molecule has 24 heavy (non-hydrogen) atoms. The number of nitro benzene ring substituents is 1. The number of aromatic nitrogens is 1. The van der Waals surface area contributed by atoms with Crippen molar-refractivity contribution in [3.05, 3.63) is 63.1 Å². The number of nitro groups is 1. The molecule has 0 unspecified atom stereocenters. The van der Waals surface area contributed by atoms with Crippen molar-refractivity contribution < 1.29 is 18.8 Å². The number of hydrogen-bond donors (Lipinski definition) is 0. The van der Waals surface area contributed by atoms with Gasteiger partial charge in [-0.15, -0.1) is 0 Å². The predicted molar refractivity (Wildman–Crippen MR) is 85.6 cm³/mol. The van der Waals surface area contributed by atoms with E-state index in [0.717, 1.165) is 0 Å². The lowest BCUT2D eigenvalue weighted by Crippen LogP contribution is -2.18. The van der Waals surface area contributed by atoms with E-state index in [1.807, 2.05) is 12.1 Å². The summed E-state index contributed by atoms with van der Waals surface area (Å²) in [6.07, 6.45) is 0. The number of nitrogens with zero attached hydrogens (tertiary/aromatic N) is 2. The zero-order chi connectivity index (χ0) is 17.1. The van der Waals surface area contributed by atoms with Gasteiger partial charge in [0.25, 0.3) is 5.69 Å². The van der Waals surface area contributed by atoms with E-state index in [9.17, 15) is 14.9 Å². The van der Waals surface area contributed by atoms with Gasteiger partial charge in [0, 0.05) is 6.07 Å². The molecule has 0 aliphatic carbocycles. The zero-order valence-corrected chi connectivity index (χ0v) is 12.8. The summed E-state index contributed by atoms with van der Waals surface area (Å²) < 4.78 is 17.2.